The normalized spacial score (nSPS) is 12.8. The van der Waals surface area contributed by atoms with Crippen LogP contribution in [0.3, 0.4) is 0 Å². The van der Waals surface area contributed by atoms with Crippen LogP contribution >= 0.6 is 0 Å². The SMILES string of the molecule is CCC/C=C\C/C=C\CCCCCCCC(=O)OCCCCCCCCCCCC(=O)NC(CO)C(O)CCCCCCCCCCCCCCCCCCCCCCCCC. The van der Waals surface area contributed by atoms with Gasteiger partial charge in [-0.1, -0.05) is 256 Å². The zero-order valence-electron chi connectivity index (χ0n) is 41.6. The van der Waals surface area contributed by atoms with Crippen LogP contribution in [0.1, 0.15) is 296 Å². The van der Waals surface area contributed by atoms with Crippen LogP contribution < -0.4 is 5.32 Å². The van der Waals surface area contributed by atoms with E-state index in [1.807, 2.05) is 0 Å². The number of nitrogens with one attached hydrogen (secondary N) is 1. The predicted molar refractivity (Wildman–Crippen MR) is 269 cm³/mol. The molecule has 0 aromatic rings. The lowest BCUT2D eigenvalue weighted by atomic mass is 10.0. The molecule has 6 nitrogen and oxygen atoms in total. The Morgan fingerprint density at radius 1 is 0.452 bits per heavy atom. The van der Waals surface area contributed by atoms with Gasteiger partial charge >= 0.3 is 5.97 Å². The molecule has 0 rings (SSSR count). The fourth-order valence-corrected chi connectivity index (χ4v) is 8.50. The molecule has 0 bridgehead atoms. The maximum Gasteiger partial charge on any atom is 0.305 e. The van der Waals surface area contributed by atoms with Crippen molar-refractivity contribution in [2.24, 2.45) is 0 Å². The van der Waals surface area contributed by atoms with Crippen molar-refractivity contribution in [1.82, 2.24) is 5.32 Å². The Bertz CT molecular complexity index is 966. The lowest BCUT2D eigenvalue weighted by Crippen LogP contribution is -2.45. The fraction of sp³-hybridized carbons (Fsp3) is 0.893. The minimum atomic E-state index is -0.683. The molecular weight excluding hydrogens is 767 g/mol. The number of aliphatic hydroxyl groups is 2. The standard InChI is InChI=1S/C56H107NO5/c1-3-5-7-9-11-13-15-17-18-19-20-21-22-23-24-25-26-28-29-32-36-40-44-48-54(59)53(52-58)57-55(60)49-45-41-37-33-31-35-39-43-47-51-62-56(61)50-46-42-38-34-30-27-16-14-12-10-8-6-4-2/h8,10,14,16,53-54,58-59H,3-7,9,11-13,15,17-52H2,1-2H3,(H,57,60)/b10-8-,16-14-. The summed E-state index contributed by atoms with van der Waals surface area (Å²) in [5.41, 5.74) is 0. The molecule has 0 aliphatic heterocycles. The van der Waals surface area contributed by atoms with Gasteiger partial charge in [-0.05, 0) is 51.4 Å². The summed E-state index contributed by atoms with van der Waals surface area (Å²) in [6.45, 7) is 4.83. The second kappa shape index (κ2) is 52.0. The van der Waals surface area contributed by atoms with Gasteiger partial charge in [-0.3, -0.25) is 9.59 Å². The van der Waals surface area contributed by atoms with Gasteiger partial charge in [0.25, 0.3) is 0 Å². The summed E-state index contributed by atoms with van der Waals surface area (Å²) in [6.07, 6.45) is 61.6. The first-order valence-corrected chi connectivity index (χ1v) is 27.6. The maximum atomic E-state index is 12.5. The van der Waals surface area contributed by atoms with E-state index in [2.05, 4.69) is 43.5 Å². The third-order valence-corrected chi connectivity index (χ3v) is 12.7. The summed E-state index contributed by atoms with van der Waals surface area (Å²) in [7, 11) is 0. The van der Waals surface area contributed by atoms with E-state index in [9.17, 15) is 19.8 Å². The molecule has 0 aromatic carbocycles. The quantitative estimate of drug-likeness (QED) is 0.0321. The highest BCUT2D eigenvalue weighted by Gasteiger charge is 2.20. The average Bonchev–Trinajstić information content (AvgIpc) is 3.27. The maximum absolute atomic E-state index is 12.5. The Labute approximate surface area is 386 Å². The van der Waals surface area contributed by atoms with Gasteiger partial charge in [-0.2, -0.15) is 0 Å². The number of carbonyl (C=O) groups excluding carboxylic acids is 2. The smallest absolute Gasteiger partial charge is 0.305 e. The van der Waals surface area contributed by atoms with Gasteiger partial charge in [0.1, 0.15) is 0 Å². The topological polar surface area (TPSA) is 95.9 Å². The molecule has 0 fully saturated rings. The zero-order valence-corrected chi connectivity index (χ0v) is 41.6. The Morgan fingerprint density at radius 2 is 0.839 bits per heavy atom. The van der Waals surface area contributed by atoms with Crippen LogP contribution in [-0.4, -0.2) is 47.4 Å². The molecule has 2 unspecified atom stereocenters. The minimum absolute atomic E-state index is 0.0395. The Morgan fingerprint density at radius 3 is 1.29 bits per heavy atom. The molecule has 62 heavy (non-hydrogen) atoms. The van der Waals surface area contributed by atoms with Crippen LogP contribution in [0.5, 0.6) is 0 Å². The summed E-state index contributed by atoms with van der Waals surface area (Å²) in [5, 5.41) is 23.3. The first-order chi connectivity index (χ1) is 30.5. The number of amides is 1. The molecule has 0 aliphatic carbocycles. The number of hydrogen-bond donors (Lipinski definition) is 3. The third kappa shape index (κ3) is 47.8. The molecule has 0 spiro atoms. The van der Waals surface area contributed by atoms with Gasteiger partial charge in [-0.25, -0.2) is 0 Å². The lowest BCUT2D eigenvalue weighted by molar-refractivity contribution is -0.143. The summed E-state index contributed by atoms with van der Waals surface area (Å²) >= 11 is 0. The van der Waals surface area contributed by atoms with Gasteiger partial charge in [0, 0.05) is 12.8 Å². The molecule has 2 atom stereocenters. The summed E-state index contributed by atoms with van der Waals surface area (Å²) < 4.78 is 5.44. The third-order valence-electron chi connectivity index (χ3n) is 12.7. The van der Waals surface area contributed by atoms with E-state index >= 15 is 0 Å². The van der Waals surface area contributed by atoms with Crippen LogP contribution in [0.2, 0.25) is 0 Å². The molecule has 0 saturated carbocycles. The molecule has 366 valence electrons. The fourth-order valence-electron chi connectivity index (χ4n) is 8.50. The van der Waals surface area contributed by atoms with Crippen LogP contribution in [0.4, 0.5) is 0 Å². The van der Waals surface area contributed by atoms with Crippen LogP contribution in [0.15, 0.2) is 24.3 Å². The van der Waals surface area contributed by atoms with Crippen molar-refractivity contribution in [3.8, 4) is 0 Å². The molecule has 0 saturated heterocycles. The van der Waals surface area contributed by atoms with Crippen LogP contribution in [-0.2, 0) is 14.3 Å². The van der Waals surface area contributed by atoms with E-state index in [0.717, 1.165) is 70.6 Å². The number of carbonyl (C=O) groups is 2. The van der Waals surface area contributed by atoms with E-state index < -0.39 is 12.1 Å². The first-order valence-electron chi connectivity index (χ1n) is 27.6. The second-order valence-corrected chi connectivity index (χ2v) is 18.9. The van der Waals surface area contributed by atoms with Crippen molar-refractivity contribution in [2.75, 3.05) is 13.2 Å². The summed E-state index contributed by atoms with van der Waals surface area (Å²) in [4.78, 5) is 24.5. The monoisotopic (exact) mass is 874 g/mol. The predicted octanol–water partition coefficient (Wildman–Crippen LogP) is 16.7. The van der Waals surface area contributed by atoms with Crippen molar-refractivity contribution >= 4 is 11.9 Å². The van der Waals surface area contributed by atoms with E-state index in [1.165, 1.54) is 193 Å². The van der Waals surface area contributed by atoms with Gasteiger partial charge in [0.2, 0.25) is 5.91 Å². The minimum Gasteiger partial charge on any atom is -0.466 e. The van der Waals surface area contributed by atoms with Crippen molar-refractivity contribution in [2.45, 2.75) is 309 Å². The summed E-state index contributed by atoms with van der Waals surface area (Å²) in [6, 6.07) is -0.563. The number of ether oxygens (including phenoxy) is 1. The van der Waals surface area contributed by atoms with Gasteiger partial charge in [0.05, 0.1) is 25.4 Å². The highest BCUT2D eigenvalue weighted by molar-refractivity contribution is 5.76. The van der Waals surface area contributed by atoms with Gasteiger partial charge in [0.15, 0.2) is 0 Å². The molecule has 3 N–H and O–H groups in total. The summed E-state index contributed by atoms with van der Waals surface area (Å²) in [5.74, 6) is -0.101. The van der Waals surface area contributed by atoms with E-state index in [-0.39, 0.29) is 18.5 Å². The Hall–Kier alpha value is -1.66. The lowest BCUT2D eigenvalue weighted by Gasteiger charge is -2.22. The molecule has 0 aliphatic rings. The largest absolute Gasteiger partial charge is 0.466 e. The number of unbranched alkanes of at least 4 members (excludes halogenated alkanes) is 36. The van der Waals surface area contributed by atoms with Crippen LogP contribution in [0.25, 0.3) is 0 Å². The average molecular weight is 874 g/mol. The van der Waals surface area contributed by atoms with Gasteiger partial charge in [-0.15, -0.1) is 0 Å². The Balaban J connectivity index is 3.48. The van der Waals surface area contributed by atoms with E-state index in [4.69, 9.17) is 4.74 Å². The van der Waals surface area contributed by atoms with Crippen molar-refractivity contribution in [3.63, 3.8) is 0 Å². The number of esters is 1. The molecular formula is C56H107NO5. The number of aliphatic hydroxyl groups excluding tert-OH is 2. The van der Waals surface area contributed by atoms with Crippen molar-refractivity contribution in [1.29, 1.82) is 0 Å². The van der Waals surface area contributed by atoms with Crippen molar-refractivity contribution < 1.29 is 24.5 Å². The van der Waals surface area contributed by atoms with Crippen molar-refractivity contribution in [3.05, 3.63) is 24.3 Å². The molecule has 0 radical (unpaired) electrons. The number of rotatable bonds is 51. The molecule has 6 heteroatoms. The van der Waals surface area contributed by atoms with E-state index in [0.29, 0.717) is 25.9 Å². The molecule has 1 amide bonds. The number of hydrogen-bond acceptors (Lipinski definition) is 5. The zero-order chi connectivity index (χ0) is 45.1. The highest BCUT2D eigenvalue weighted by Crippen LogP contribution is 2.17. The van der Waals surface area contributed by atoms with E-state index in [1.54, 1.807) is 0 Å². The van der Waals surface area contributed by atoms with Gasteiger partial charge < -0.3 is 20.3 Å². The van der Waals surface area contributed by atoms with Crippen LogP contribution in [0, 0.1) is 0 Å². The number of allylic oxidation sites excluding steroid dienone is 4. The highest BCUT2D eigenvalue weighted by atomic mass is 16.5. The molecule has 0 aromatic heterocycles. The Kier molecular flexibility index (Phi) is 50.6. The second-order valence-electron chi connectivity index (χ2n) is 18.9. The first kappa shape index (κ1) is 60.3. The molecule has 0 heterocycles.